The van der Waals surface area contributed by atoms with Gasteiger partial charge in [0.25, 0.3) is 5.91 Å². The molecule has 1 amide bonds. The Bertz CT molecular complexity index is 1090. The molecule has 152 valence electrons. The number of carbonyl (C=O) groups is 1. The lowest BCUT2D eigenvalue weighted by atomic mass is 10.1. The molecule has 2 N–H and O–H groups in total. The number of sulfonamides is 1. The first kappa shape index (κ1) is 20.8. The first-order chi connectivity index (χ1) is 13.9. The summed E-state index contributed by atoms with van der Waals surface area (Å²) in [5, 5.41) is 2.81. The van der Waals surface area contributed by atoms with Crippen LogP contribution in [0.5, 0.6) is 0 Å². The van der Waals surface area contributed by atoms with E-state index < -0.39 is 10.0 Å². The molecule has 7 nitrogen and oxygen atoms in total. The van der Waals surface area contributed by atoms with Gasteiger partial charge >= 0.3 is 0 Å². The summed E-state index contributed by atoms with van der Waals surface area (Å²) in [5.74, 6) is 0.543. The minimum atomic E-state index is -3.75. The fourth-order valence-electron chi connectivity index (χ4n) is 2.91. The van der Waals surface area contributed by atoms with Crippen molar-refractivity contribution >= 4 is 15.9 Å². The maximum Gasteiger partial charge on any atom is 0.251 e. The Morgan fingerprint density at radius 3 is 2.59 bits per heavy atom. The van der Waals surface area contributed by atoms with Crippen molar-refractivity contribution < 1.29 is 13.2 Å². The van der Waals surface area contributed by atoms with E-state index in [9.17, 15) is 13.2 Å². The van der Waals surface area contributed by atoms with Crippen molar-refractivity contribution in [2.24, 2.45) is 7.05 Å². The highest BCUT2D eigenvalue weighted by atomic mass is 32.2. The number of imidazole rings is 1. The minimum Gasteiger partial charge on any atom is -0.352 e. The first-order valence-corrected chi connectivity index (χ1v) is 10.7. The number of nitrogens with one attached hydrogen (secondary N) is 2. The summed E-state index contributed by atoms with van der Waals surface area (Å²) in [6.07, 6.45) is 4.14. The molecule has 0 bridgehead atoms. The molecule has 0 spiro atoms. The third kappa shape index (κ3) is 5.30. The number of benzene rings is 2. The largest absolute Gasteiger partial charge is 0.352 e. The van der Waals surface area contributed by atoms with Crippen molar-refractivity contribution in [1.82, 2.24) is 19.6 Å². The molecule has 3 aromatic rings. The van der Waals surface area contributed by atoms with Crippen molar-refractivity contribution in [2.75, 3.05) is 6.54 Å². The zero-order chi connectivity index (χ0) is 20.9. The molecule has 0 saturated carbocycles. The van der Waals surface area contributed by atoms with E-state index >= 15 is 0 Å². The van der Waals surface area contributed by atoms with E-state index in [-0.39, 0.29) is 17.3 Å². The molecule has 3 rings (SSSR count). The lowest BCUT2D eigenvalue weighted by molar-refractivity contribution is 0.0953. The second-order valence-electron chi connectivity index (χ2n) is 6.75. The molecular weight excluding hydrogens is 388 g/mol. The van der Waals surface area contributed by atoms with Gasteiger partial charge in [-0.2, -0.15) is 0 Å². The van der Waals surface area contributed by atoms with Crippen LogP contribution in [-0.4, -0.2) is 30.4 Å². The minimum absolute atomic E-state index is 0.102. The van der Waals surface area contributed by atoms with E-state index in [0.717, 1.165) is 11.4 Å². The van der Waals surface area contributed by atoms with Gasteiger partial charge in [-0.3, -0.25) is 4.79 Å². The molecule has 29 heavy (non-hydrogen) atoms. The molecule has 0 unspecified atom stereocenters. The van der Waals surface area contributed by atoms with Gasteiger partial charge in [0, 0.05) is 44.5 Å². The number of carbonyl (C=O) groups excluding carboxylic acids is 1. The van der Waals surface area contributed by atoms with E-state index in [2.05, 4.69) is 15.0 Å². The SMILES string of the molecule is Cc1ccc(C(=O)NCCc2nccn2C)cc1S(=O)(=O)NCc1ccccc1. The highest BCUT2D eigenvalue weighted by Gasteiger charge is 2.19. The van der Waals surface area contributed by atoms with E-state index in [1.165, 1.54) is 6.07 Å². The van der Waals surface area contributed by atoms with Crippen LogP contribution in [0, 0.1) is 6.92 Å². The molecule has 1 aromatic heterocycles. The summed E-state index contributed by atoms with van der Waals surface area (Å²) in [4.78, 5) is 16.8. The molecule has 2 aromatic carbocycles. The van der Waals surface area contributed by atoms with Crippen LogP contribution in [0.1, 0.15) is 27.3 Å². The maximum absolute atomic E-state index is 12.8. The van der Waals surface area contributed by atoms with Crippen LogP contribution in [0.4, 0.5) is 0 Å². The van der Waals surface area contributed by atoms with Crippen LogP contribution in [0.2, 0.25) is 0 Å². The van der Waals surface area contributed by atoms with Crippen LogP contribution >= 0.6 is 0 Å². The van der Waals surface area contributed by atoms with Gasteiger partial charge in [0.1, 0.15) is 5.82 Å². The molecular formula is C21H24N4O3S. The molecule has 0 aliphatic heterocycles. The summed E-state index contributed by atoms with van der Waals surface area (Å²) < 4.78 is 30.0. The zero-order valence-corrected chi connectivity index (χ0v) is 17.2. The summed E-state index contributed by atoms with van der Waals surface area (Å²) in [5.41, 5.74) is 1.74. The van der Waals surface area contributed by atoms with Gasteiger partial charge in [0.2, 0.25) is 10.0 Å². The van der Waals surface area contributed by atoms with E-state index in [1.807, 2.05) is 48.1 Å². The molecule has 0 fully saturated rings. The number of rotatable bonds is 8. The van der Waals surface area contributed by atoms with E-state index in [1.54, 1.807) is 25.3 Å². The van der Waals surface area contributed by atoms with Crippen molar-refractivity contribution in [2.45, 2.75) is 24.8 Å². The number of hydrogen-bond donors (Lipinski definition) is 2. The number of amides is 1. The molecule has 8 heteroatoms. The van der Waals surface area contributed by atoms with Gasteiger partial charge in [-0.15, -0.1) is 0 Å². The first-order valence-electron chi connectivity index (χ1n) is 9.25. The fraction of sp³-hybridized carbons (Fsp3) is 0.238. The van der Waals surface area contributed by atoms with Gasteiger partial charge in [-0.05, 0) is 30.2 Å². The van der Waals surface area contributed by atoms with Gasteiger partial charge < -0.3 is 9.88 Å². The lowest BCUT2D eigenvalue weighted by Gasteiger charge is -2.12. The Balaban J connectivity index is 1.68. The second-order valence-corrected chi connectivity index (χ2v) is 8.49. The van der Waals surface area contributed by atoms with Crippen molar-refractivity contribution in [3.05, 3.63) is 83.4 Å². The smallest absolute Gasteiger partial charge is 0.251 e. The Kier molecular flexibility index (Phi) is 6.46. The Morgan fingerprint density at radius 1 is 1.14 bits per heavy atom. The molecule has 0 radical (unpaired) electrons. The van der Waals surface area contributed by atoms with E-state index in [0.29, 0.717) is 24.1 Å². The number of nitrogens with zero attached hydrogens (tertiary/aromatic N) is 2. The summed E-state index contributed by atoms with van der Waals surface area (Å²) in [6, 6.07) is 14.0. The monoisotopic (exact) mass is 412 g/mol. The van der Waals surface area contributed by atoms with Crippen LogP contribution in [-0.2, 0) is 30.0 Å². The molecule has 0 aliphatic rings. The molecule has 1 heterocycles. The topological polar surface area (TPSA) is 93.1 Å². The van der Waals surface area contributed by atoms with Crippen LogP contribution in [0.25, 0.3) is 0 Å². The predicted octanol–water partition coefficient (Wildman–Crippen LogP) is 2.18. The number of aromatic nitrogens is 2. The fourth-order valence-corrected chi connectivity index (χ4v) is 4.20. The second kappa shape index (κ2) is 9.02. The van der Waals surface area contributed by atoms with Gasteiger partial charge in [-0.25, -0.2) is 18.1 Å². The van der Waals surface area contributed by atoms with Crippen LogP contribution < -0.4 is 10.0 Å². The standard InChI is InChI=1S/C21H24N4O3S/c1-16-8-9-18(21(26)23-11-10-20-22-12-13-25(20)2)14-19(16)29(27,28)24-15-17-6-4-3-5-7-17/h3-9,12-14,24H,10-11,15H2,1-2H3,(H,23,26). The zero-order valence-electron chi connectivity index (χ0n) is 16.4. The highest BCUT2D eigenvalue weighted by Crippen LogP contribution is 2.17. The Morgan fingerprint density at radius 2 is 1.90 bits per heavy atom. The molecule has 0 saturated heterocycles. The quantitative estimate of drug-likeness (QED) is 0.593. The Hall–Kier alpha value is -2.97. The maximum atomic E-state index is 12.8. The highest BCUT2D eigenvalue weighted by molar-refractivity contribution is 7.89. The van der Waals surface area contributed by atoms with Crippen molar-refractivity contribution in [3.8, 4) is 0 Å². The van der Waals surface area contributed by atoms with Crippen LogP contribution in [0.3, 0.4) is 0 Å². The predicted molar refractivity (Wildman–Crippen MR) is 111 cm³/mol. The van der Waals surface area contributed by atoms with Crippen molar-refractivity contribution in [3.63, 3.8) is 0 Å². The summed E-state index contributed by atoms with van der Waals surface area (Å²) >= 11 is 0. The average Bonchev–Trinajstić information content (AvgIpc) is 3.12. The van der Waals surface area contributed by atoms with Gasteiger partial charge in [0.05, 0.1) is 4.90 Å². The van der Waals surface area contributed by atoms with Gasteiger partial charge in [0.15, 0.2) is 0 Å². The number of hydrogen-bond acceptors (Lipinski definition) is 4. The average molecular weight is 413 g/mol. The molecule has 0 aliphatic carbocycles. The lowest BCUT2D eigenvalue weighted by Crippen LogP contribution is -2.28. The summed E-state index contributed by atoms with van der Waals surface area (Å²) in [7, 11) is -1.86. The normalized spacial score (nSPS) is 11.4. The third-order valence-corrected chi connectivity index (χ3v) is 6.15. The van der Waals surface area contributed by atoms with Crippen LogP contribution in [0.15, 0.2) is 65.8 Å². The van der Waals surface area contributed by atoms with Crippen molar-refractivity contribution in [1.29, 1.82) is 0 Å². The number of aryl methyl sites for hydroxylation is 2. The molecule has 0 atom stereocenters. The van der Waals surface area contributed by atoms with Gasteiger partial charge in [-0.1, -0.05) is 36.4 Å². The van der Waals surface area contributed by atoms with E-state index in [4.69, 9.17) is 0 Å². The Labute approximate surface area is 170 Å². The summed E-state index contributed by atoms with van der Waals surface area (Å²) in [6.45, 7) is 2.30. The third-order valence-electron chi connectivity index (χ3n) is 4.60.